The topological polar surface area (TPSA) is 38.4 Å². The van der Waals surface area contributed by atoms with Gasteiger partial charge in [0.15, 0.2) is 0 Å². The number of furan rings is 1. The van der Waals surface area contributed by atoms with Crippen LogP contribution in [-0.2, 0) is 6.54 Å². The molecule has 0 atom stereocenters. The van der Waals surface area contributed by atoms with Crippen molar-refractivity contribution in [2.24, 2.45) is 0 Å². The van der Waals surface area contributed by atoms with Crippen molar-refractivity contribution >= 4 is 21.8 Å². The number of amides is 1. The Morgan fingerprint density at radius 1 is 1.50 bits per heavy atom. The van der Waals surface area contributed by atoms with E-state index in [1.54, 1.807) is 18.2 Å². The quantitative estimate of drug-likeness (QED) is 0.844. The van der Waals surface area contributed by atoms with Crippen LogP contribution in [0.3, 0.4) is 0 Å². The van der Waals surface area contributed by atoms with Gasteiger partial charge in [-0.25, -0.2) is 0 Å². The summed E-state index contributed by atoms with van der Waals surface area (Å²) in [5.41, 5.74) is 1.72. The van der Waals surface area contributed by atoms with Gasteiger partial charge in [-0.15, -0.1) is 0 Å². The Morgan fingerprint density at radius 3 is 2.75 bits per heavy atom. The van der Waals surface area contributed by atoms with E-state index in [0.717, 1.165) is 15.8 Å². The average Bonchev–Trinajstić information content (AvgIpc) is 2.95. The monoisotopic (exact) mass is 338 g/mol. The third-order valence-corrected chi connectivity index (χ3v) is 3.74. The molecular weight excluding hydrogens is 320 g/mol. The summed E-state index contributed by atoms with van der Waals surface area (Å²) in [5, 5.41) is 0. The van der Waals surface area contributed by atoms with Gasteiger partial charge in [0.05, 0.1) is 6.26 Å². The number of nitrogens with zero attached hydrogens (tertiary/aromatic N) is 2. The van der Waals surface area contributed by atoms with E-state index in [9.17, 15) is 4.79 Å². The maximum Gasteiger partial charge on any atom is 0.270 e. The summed E-state index contributed by atoms with van der Waals surface area (Å²) < 4.78 is 8.16. The molecule has 0 aliphatic carbocycles. The molecule has 0 spiro atoms. The van der Waals surface area contributed by atoms with Crippen LogP contribution in [0.15, 0.2) is 33.5 Å². The standard InChI is InChI=1S/C15H19BrN2O2/c1-10(2)18-9-13(16)7-14(18)15(19)17(4)8-12-5-6-20-11(12)3/h5-7,9-10H,8H2,1-4H3. The predicted octanol–water partition coefficient (Wildman–Crippen LogP) is 4.01. The lowest BCUT2D eigenvalue weighted by Crippen LogP contribution is -2.28. The van der Waals surface area contributed by atoms with Gasteiger partial charge in [-0.3, -0.25) is 4.79 Å². The number of carbonyl (C=O) groups is 1. The predicted molar refractivity (Wildman–Crippen MR) is 81.8 cm³/mol. The Labute approximate surface area is 127 Å². The molecule has 0 radical (unpaired) electrons. The van der Waals surface area contributed by atoms with E-state index >= 15 is 0 Å². The lowest BCUT2D eigenvalue weighted by atomic mass is 10.2. The van der Waals surface area contributed by atoms with Gasteiger partial charge in [-0.05, 0) is 48.8 Å². The summed E-state index contributed by atoms with van der Waals surface area (Å²) in [4.78, 5) is 14.3. The van der Waals surface area contributed by atoms with E-state index in [4.69, 9.17) is 4.42 Å². The first-order chi connectivity index (χ1) is 9.40. The lowest BCUT2D eigenvalue weighted by molar-refractivity contribution is 0.0772. The van der Waals surface area contributed by atoms with Gasteiger partial charge in [-0.1, -0.05) is 0 Å². The highest BCUT2D eigenvalue weighted by Crippen LogP contribution is 2.21. The van der Waals surface area contributed by atoms with Crippen LogP contribution in [0, 0.1) is 6.92 Å². The normalized spacial score (nSPS) is 11.1. The summed E-state index contributed by atoms with van der Waals surface area (Å²) in [6.07, 6.45) is 3.59. The zero-order valence-electron chi connectivity index (χ0n) is 12.2. The van der Waals surface area contributed by atoms with Crippen LogP contribution >= 0.6 is 15.9 Å². The highest BCUT2D eigenvalue weighted by Gasteiger charge is 2.19. The minimum atomic E-state index is 0.00463. The molecule has 0 saturated heterocycles. The minimum Gasteiger partial charge on any atom is -0.469 e. The van der Waals surface area contributed by atoms with Gasteiger partial charge in [0.2, 0.25) is 0 Å². The fourth-order valence-corrected chi connectivity index (χ4v) is 2.58. The molecule has 20 heavy (non-hydrogen) atoms. The van der Waals surface area contributed by atoms with E-state index in [2.05, 4.69) is 29.8 Å². The summed E-state index contributed by atoms with van der Waals surface area (Å²) in [5.74, 6) is 0.857. The Balaban J connectivity index is 2.21. The number of hydrogen-bond acceptors (Lipinski definition) is 2. The second-order valence-corrected chi connectivity index (χ2v) is 6.12. The van der Waals surface area contributed by atoms with E-state index in [1.165, 1.54) is 0 Å². The number of halogens is 1. The molecule has 1 amide bonds. The van der Waals surface area contributed by atoms with Gasteiger partial charge in [0.1, 0.15) is 11.5 Å². The number of aryl methyl sites for hydroxylation is 1. The molecule has 5 heteroatoms. The molecule has 108 valence electrons. The van der Waals surface area contributed by atoms with Crippen LogP contribution < -0.4 is 0 Å². The van der Waals surface area contributed by atoms with Crippen molar-refractivity contribution in [3.63, 3.8) is 0 Å². The molecule has 0 saturated carbocycles. The van der Waals surface area contributed by atoms with Crippen LogP contribution in [-0.4, -0.2) is 22.4 Å². The zero-order chi connectivity index (χ0) is 14.9. The molecule has 2 aromatic heterocycles. The maximum atomic E-state index is 12.6. The van der Waals surface area contributed by atoms with Crippen molar-refractivity contribution in [3.05, 3.63) is 46.1 Å². The fourth-order valence-electron chi connectivity index (χ4n) is 2.14. The molecule has 2 heterocycles. The molecule has 0 aliphatic rings. The minimum absolute atomic E-state index is 0.00463. The summed E-state index contributed by atoms with van der Waals surface area (Å²) in [6.45, 7) is 6.57. The molecule has 2 aromatic rings. The highest BCUT2D eigenvalue weighted by molar-refractivity contribution is 9.10. The van der Waals surface area contributed by atoms with Gasteiger partial charge < -0.3 is 13.9 Å². The Bertz CT molecular complexity index is 613. The van der Waals surface area contributed by atoms with Crippen molar-refractivity contribution in [1.82, 2.24) is 9.47 Å². The highest BCUT2D eigenvalue weighted by atomic mass is 79.9. The zero-order valence-corrected chi connectivity index (χ0v) is 13.8. The van der Waals surface area contributed by atoms with Crippen molar-refractivity contribution in [2.75, 3.05) is 7.05 Å². The van der Waals surface area contributed by atoms with Crippen LogP contribution in [0.1, 0.15) is 41.7 Å². The largest absolute Gasteiger partial charge is 0.469 e. The van der Waals surface area contributed by atoms with Gasteiger partial charge in [0, 0.05) is 35.9 Å². The third kappa shape index (κ3) is 2.98. The van der Waals surface area contributed by atoms with Crippen molar-refractivity contribution in [2.45, 2.75) is 33.4 Å². The molecule has 0 fully saturated rings. The second kappa shape index (κ2) is 5.87. The number of hydrogen-bond donors (Lipinski definition) is 0. The SMILES string of the molecule is Cc1occc1CN(C)C(=O)c1cc(Br)cn1C(C)C. The summed E-state index contributed by atoms with van der Waals surface area (Å²) in [6, 6.07) is 4.00. The van der Waals surface area contributed by atoms with Crippen LogP contribution in [0.4, 0.5) is 0 Å². The summed E-state index contributed by atoms with van der Waals surface area (Å²) >= 11 is 3.43. The smallest absolute Gasteiger partial charge is 0.270 e. The van der Waals surface area contributed by atoms with Crippen molar-refractivity contribution in [1.29, 1.82) is 0 Å². The first kappa shape index (κ1) is 14.9. The molecule has 0 aliphatic heterocycles. The summed E-state index contributed by atoms with van der Waals surface area (Å²) in [7, 11) is 1.81. The fraction of sp³-hybridized carbons (Fsp3) is 0.400. The first-order valence-electron chi connectivity index (χ1n) is 6.56. The molecule has 0 unspecified atom stereocenters. The molecule has 2 rings (SSSR count). The molecule has 0 N–H and O–H groups in total. The van der Waals surface area contributed by atoms with Crippen molar-refractivity contribution < 1.29 is 9.21 Å². The van der Waals surface area contributed by atoms with Gasteiger partial charge in [0.25, 0.3) is 5.91 Å². The molecule has 4 nitrogen and oxygen atoms in total. The first-order valence-corrected chi connectivity index (χ1v) is 7.35. The van der Waals surface area contributed by atoms with Gasteiger partial charge in [-0.2, -0.15) is 0 Å². The average molecular weight is 339 g/mol. The molecular formula is C15H19BrN2O2. The second-order valence-electron chi connectivity index (χ2n) is 5.21. The maximum absolute atomic E-state index is 12.6. The van der Waals surface area contributed by atoms with Crippen LogP contribution in [0.2, 0.25) is 0 Å². The van der Waals surface area contributed by atoms with E-state index in [0.29, 0.717) is 12.2 Å². The van der Waals surface area contributed by atoms with E-state index in [-0.39, 0.29) is 11.9 Å². The molecule has 0 bridgehead atoms. The van der Waals surface area contributed by atoms with E-state index in [1.807, 2.05) is 29.8 Å². The lowest BCUT2D eigenvalue weighted by Gasteiger charge is -2.19. The Hall–Kier alpha value is -1.49. The molecule has 0 aromatic carbocycles. The van der Waals surface area contributed by atoms with Crippen molar-refractivity contribution in [3.8, 4) is 0 Å². The van der Waals surface area contributed by atoms with Crippen LogP contribution in [0.25, 0.3) is 0 Å². The van der Waals surface area contributed by atoms with Crippen LogP contribution in [0.5, 0.6) is 0 Å². The number of rotatable bonds is 4. The number of carbonyl (C=O) groups excluding carboxylic acids is 1. The van der Waals surface area contributed by atoms with E-state index < -0.39 is 0 Å². The Kier molecular flexibility index (Phi) is 4.38. The number of aromatic nitrogens is 1. The Morgan fingerprint density at radius 2 is 2.20 bits per heavy atom. The van der Waals surface area contributed by atoms with Gasteiger partial charge >= 0.3 is 0 Å². The third-order valence-electron chi connectivity index (χ3n) is 3.31.